The van der Waals surface area contributed by atoms with Gasteiger partial charge in [-0.15, -0.1) is 0 Å². The van der Waals surface area contributed by atoms with Crippen molar-refractivity contribution in [2.75, 3.05) is 4.90 Å². The Morgan fingerprint density at radius 2 is 1.47 bits per heavy atom. The Balaban J connectivity index is 2.32. The van der Waals surface area contributed by atoms with E-state index < -0.39 is 0 Å². The van der Waals surface area contributed by atoms with Crippen LogP contribution in [0.2, 0.25) is 0 Å². The molecule has 0 saturated carbocycles. The van der Waals surface area contributed by atoms with E-state index in [-0.39, 0.29) is 5.91 Å². The number of carbonyl (C=O) groups excluding carboxylic acids is 1. The maximum Gasteiger partial charge on any atom is 0.262 e. The Morgan fingerprint density at radius 3 is 2.00 bits per heavy atom. The maximum atomic E-state index is 12.2. The number of carbonyl (C=O) groups is 1. The molecule has 2 rings (SSSR count). The van der Waals surface area contributed by atoms with Crippen molar-refractivity contribution >= 4 is 11.6 Å². The summed E-state index contributed by atoms with van der Waals surface area (Å²) in [6.45, 7) is 3.69. The number of anilines is 1. The van der Waals surface area contributed by atoms with Gasteiger partial charge in [0.1, 0.15) is 0 Å². The molecule has 0 aromatic heterocycles. The Hall–Kier alpha value is -2.35. The standard InChI is InChI=1S/C15H13NO/c1-2-16(14-11-7-4-8-12-14)15(17)13-9-5-3-6-10-13/h2-12H,1H2. The monoisotopic (exact) mass is 223 g/mol. The fraction of sp³-hybridized carbons (Fsp3) is 0. The molecule has 84 valence electrons. The minimum absolute atomic E-state index is 0.0770. The van der Waals surface area contributed by atoms with E-state index in [4.69, 9.17) is 0 Å². The second kappa shape index (κ2) is 5.12. The molecule has 1 amide bonds. The van der Waals surface area contributed by atoms with Gasteiger partial charge in [0.05, 0.1) is 0 Å². The average molecular weight is 223 g/mol. The van der Waals surface area contributed by atoms with Crippen LogP contribution in [0.5, 0.6) is 0 Å². The molecule has 2 aromatic rings. The first-order valence-corrected chi connectivity index (χ1v) is 5.39. The number of amides is 1. The molecular formula is C15H13NO. The largest absolute Gasteiger partial charge is 0.284 e. The fourth-order valence-corrected chi connectivity index (χ4v) is 1.61. The summed E-state index contributed by atoms with van der Waals surface area (Å²) in [5.74, 6) is -0.0770. The molecule has 0 aliphatic carbocycles. The molecule has 0 radical (unpaired) electrons. The molecule has 0 atom stereocenters. The zero-order valence-corrected chi connectivity index (χ0v) is 9.41. The number of nitrogens with zero attached hydrogens (tertiary/aromatic N) is 1. The van der Waals surface area contributed by atoms with Crippen molar-refractivity contribution in [1.29, 1.82) is 0 Å². The second-order valence-corrected chi connectivity index (χ2v) is 3.56. The first-order valence-electron chi connectivity index (χ1n) is 5.39. The molecule has 0 aliphatic rings. The van der Waals surface area contributed by atoms with Crippen LogP contribution in [-0.4, -0.2) is 5.91 Å². The second-order valence-electron chi connectivity index (χ2n) is 3.56. The van der Waals surface area contributed by atoms with Crippen LogP contribution in [0.3, 0.4) is 0 Å². The van der Waals surface area contributed by atoms with Crippen LogP contribution < -0.4 is 4.90 Å². The predicted molar refractivity (Wildman–Crippen MR) is 69.9 cm³/mol. The Bertz CT molecular complexity index is 505. The molecule has 2 heteroatoms. The van der Waals surface area contributed by atoms with Crippen molar-refractivity contribution in [1.82, 2.24) is 0 Å². The number of rotatable bonds is 3. The lowest BCUT2D eigenvalue weighted by Gasteiger charge is -2.17. The van der Waals surface area contributed by atoms with Crippen LogP contribution >= 0.6 is 0 Å². The van der Waals surface area contributed by atoms with Gasteiger partial charge in [-0.25, -0.2) is 0 Å². The predicted octanol–water partition coefficient (Wildman–Crippen LogP) is 3.48. The van der Waals surface area contributed by atoms with Gasteiger partial charge in [-0.2, -0.15) is 0 Å². The smallest absolute Gasteiger partial charge is 0.262 e. The van der Waals surface area contributed by atoms with E-state index >= 15 is 0 Å². The van der Waals surface area contributed by atoms with Gasteiger partial charge < -0.3 is 0 Å². The third kappa shape index (κ3) is 2.42. The van der Waals surface area contributed by atoms with Crippen molar-refractivity contribution in [2.45, 2.75) is 0 Å². The maximum absolute atomic E-state index is 12.2. The van der Waals surface area contributed by atoms with Crippen molar-refractivity contribution in [3.63, 3.8) is 0 Å². The zero-order chi connectivity index (χ0) is 12.1. The fourth-order valence-electron chi connectivity index (χ4n) is 1.61. The van der Waals surface area contributed by atoms with Crippen LogP contribution in [0.4, 0.5) is 5.69 Å². The normalized spacial score (nSPS) is 9.65. The highest BCUT2D eigenvalue weighted by Crippen LogP contribution is 2.16. The lowest BCUT2D eigenvalue weighted by Crippen LogP contribution is -2.24. The lowest BCUT2D eigenvalue weighted by atomic mass is 10.2. The first-order chi connectivity index (χ1) is 8.33. The summed E-state index contributed by atoms with van der Waals surface area (Å²) >= 11 is 0. The molecule has 0 heterocycles. The number of para-hydroxylation sites is 1. The minimum Gasteiger partial charge on any atom is -0.284 e. The van der Waals surface area contributed by atoms with Crippen LogP contribution in [0, 0.1) is 0 Å². The van der Waals surface area contributed by atoms with E-state index in [0.717, 1.165) is 5.69 Å². The summed E-state index contributed by atoms with van der Waals surface area (Å²) in [5.41, 5.74) is 1.47. The highest BCUT2D eigenvalue weighted by atomic mass is 16.2. The molecule has 0 aliphatic heterocycles. The van der Waals surface area contributed by atoms with E-state index in [1.807, 2.05) is 48.5 Å². The molecule has 0 saturated heterocycles. The third-order valence-electron chi connectivity index (χ3n) is 2.46. The van der Waals surface area contributed by atoms with Gasteiger partial charge in [-0.1, -0.05) is 43.0 Å². The van der Waals surface area contributed by atoms with Gasteiger partial charge in [-0.05, 0) is 24.3 Å². The molecule has 0 bridgehead atoms. The van der Waals surface area contributed by atoms with Gasteiger partial charge >= 0.3 is 0 Å². The summed E-state index contributed by atoms with van der Waals surface area (Å²) in [6, 6.07) is 18.6. The zero-order valence-electron chi connectivity index (χ0n) is 9.41. The SMILES string of the molecule is C=CN(C(=O)c1ccccc1)c1ccccc1. The quantitative estimate of drug-likeness (QED) is 0.780. The van der Waals surface area contributed by atoms with Gasteiger partial charge in [0.25, 0.3) is 5.91 Å². The van der Waals surface area contributed by atoms with Crippen molar-refractivity contribution in [3.05, 3.63) is 79.0 Å². The molecule has 2 nitrogen and oxygen atoms in total. The van der Waals surface area contributed by atoms with Crippen LogP contribution in [0.15, 0.2) is 73.4 Å². The molecule has 0 spiro atoms. The van der Waals surface area contributed by atoms with E-state index in [2.05, 4.69) is 6.58 Å². The third-order valence-corrected chi connectivity index (χ3v) is 2.46. The molecular weight excluding hydrogens is 210 g/mol. The lowest BCUT2D eigenvalue weighted by molar-refractivity contribution is 0.0998. The first kappa shape index (κ1) is 11.1. The highest BCUT2D eigenvalue weighted by Gasteiger charge is 2.13. The van der Waals surface area contributed by atoms with E-state index in [1.54, 1.807) is 12.1 Å². The molecule has 17 heavy (non-hydrogen) atoms. The molecule has 0 N–H and O–H groups in total. The highest BCUT2D eigenvalue weighted by molar-refractivity contribution is 6.07. The van der Waals surface area contributed by atoms with Gasteiger partial charge in [0, 0.05) is 17.5 Å². The summed E-state index contributed by atoms with van der Waals surface area (Å²) in [7, 11) is 0. The summed E-state index contributed by atoms with van der Waals surface area (Å²) < 4.78 is 0. The number of hydrogen-bond acceptors (Lipinski definition) is 1. The van der Waals surface area contributed by atoms with Gasteiger partial charge in [0.15, 0.2) is 0 Å². The van der Waals surface area contributed by atoms with E-state index in [0.29, 0.717) is 5.56 Å². The molecule has 0 fully saturated rings. The summed E-state index contributed by atoms with van der Waals surface area (Å²) in [4.78, 5) is 13.8. The van der Waals surface area contributed by atoms with Crippen LogP contribution in [0.1, 0.15) is 10.4 Å². The van der Waals surface area contributed by atoms with Gasteiger partial charge in [0.2, 0.25) is 0 Å². The van der Waals surface area contributed by atoms with Crippen molar-refractivity contribution in [3.8, 4) is 0 Å². The Morgan fingerprint density at radius 1 is 0.941 bits per heavy atom. The number of hydrogen-bond donors (Lipinski definition) is 0. The van der Waals surface area contributed by atoms with E-state index in [9.17, 15) is 4.79 Å². The van der Waals surface area contributed by atoms with Crippen molar-refractivity contribution in [2.24, 2.45) is 0 Å². The number of benzene rings is 2. The Kier molecular flexibility index (Phi) is 3.36. The topological polar surface area (TPSA) is 20.3 Å². The average Bonchev–Trinajstić information content (AvgIpc) is 2.42. The molecule has 2 aromatic carbocycles. The molecule has 0 unspecified atom stereocenters. The van der Waals surface area contributed by atoms with Crippen LogP contribution in [-0.2, 0) is 0 Å². The van der Waals surface area contributed by atoms with Crippen molar-refractivity contribution < 1.29 is 4.79 Å². The van der Waals surface area contributed by atoms with Crippen LogP contribution in [0.25, 0.3) is 0 Å². The Labute approximate surface area is 101 Å². The summed E-state index contributed by atoms with van der Waals surface area (Å²) in [5, 5.41) is 0. The van der Waals surface area contributed by atoms with E-state index in [1.165, 1.54) is 11.1 Å². The van der Waals surface area contributed by atoms with Gasteiger partial charge in [-0.3, -0.25) is 9.69 Å². The minimum atomic E-state index is -0.0770. The summed E-state index contributed by atoms with van der Waals surface area (Å²) in [6.07, 6.45) is 1.53.